The summed E-state index contributed by atoms with van der Waals surface area (Å²) in [5.41, 5.74) is 10.3. The second-order valence-corrected chi connectivity index (χ2v) is 2.40. The predicted molar refractivity (Wildman–Crippen MR) is 39.7 cm³/mol. The zero-order chi connectivity index (χ0) is 7.40. The highest BCUT2D eigenvalue weighted by Gasteiger charge is 2.13. The standard InChI is InChI=1S/C6H13N3O/c7-6(8)9-4-5-2-1-3-10-5/h5H,1-4H2,(H4,7,8,9)/t5-/m0/s1. The van der Waals surface area contributed by atoms with Crippen LogP contribution in [0.3, 0.4) is 0 Å². The van der Waals surface area contributed by atoms with E-state index in [1.54, 1.807) is 0 Å². The number of nitrogens with zero attached hydrogens (tertiary/aromatic N) is 1. The maximum atomic E-state index is 5.29. The highest BCUT2D eigenvalue weighted by molar-refractivity contribution is 5.75. The van der Waals surface area contributed by atoms with Gasteiger partial charge >= 0.3 is 0 Å². The molecule has 58 valence electrons. The van der Waals surface area contributed by atoms with E-state index < -0.39 is 0 Å². The van der Waals surface area contributed by atoms with Crippen LogP contribution in [0.2, 0.25) is 0 Å². The third kappa shape index (κ3) is 2.23. The lowest BCUT2D eigenvalue weighted by Crippen LogP contribution is -2.24. The number of guanidine groups is 1. The molecule has 4 N–H and O–H groups in total. The monoisotopic (exact) mass is 143 g/mol. The average molecular weight is 143 g/mol. The van der Waals surface area contributed by atoms with Crippen LogP contribution < -0.4 is 11.5 Å². The molecule has 1 heterocycles. The van der Waals surface area contributed by atoms with Crippen molar-refractivity contribution in [3.8, 4) is 0 Å². The number of ether oxygens (including phenoxy) is 1. The first-order valence-electron chi connectivity index (χ1n) is 3.46. The van der Waals surface area contributed by atoms with Crippen LogP contribution >= 0.6 is 0 Å². The van der Waals surface area contributed by atoms with Gasteiger partial charge in [-0.2, -0.15) is 0 Å². The molecule has 1 saturated heterocycles. The summed E-state index contributed by atoms with van der Waals surface area (Å²) < 4.78 is 5.29. The molecule has 1 atom stereocenters. The Morgan fingerprint density at radius 1 is 1.60 bits per heavy atom. The van der Waals surface area contributed by atoms with E-state index >= 15 is 0 Å². The first kappa shape index (κ1) is 7.34. The Hall–Kier alpha value is -0.770. The van der Waals surface area contributed by atoms with E-state index in [9.17, 15) is 0 Å². The van der Waals surface area contributed by atoms with Crippen molar-refractivity contribution in [3.05, 3.63) is 0 Å². The third-order valence-electron chi connectivity index (χ3n) is 1.50. The highest BCUT2D eigenvalue weighted by Crippen LogP contribution is 2.11. The summed E-state index contributed by atoms with van der Waals surface area (Å²) in [5, 5.41) is 0. The fourth-order valence-corrected chi connectivity index (χ4v) is 0.996. The van der Waals surface area contributed by atoms with Gasteiger partial charge in [0, 0.05) is 6.61 Å². The number of hydrogen-bond donors (Lipinski definition) is 2. The Balaban J connectivity index is 2.18. The Labute approximate surface area is 60.2 Å². The Morgan fingerprint density at radius 3 is 2.90 bits per heavy atom. The molecule has 1 rings (SSSR count). The van der Waals surface area contributed by atoms with Gasteiger partial charge in [0.1, 0.15) is 0 Å². The van der Waals surface area contributed by atoms with Gasteiger partial charge in [-0.25, -0.2) is 0 Å². The molecule has 0 unspecified atom stereocenters. The maximum Gasteiger partial charge on any atom is 0.185 e. The minimum atomic E-state index is 0.149. The zero-order valence-corrected chi connectivity index (χ0v) is 5.92. The highest BCUT2D eigenvalue weighted by atomic mass is 16.5. The van der Waals surface area contributed by atoms with Crippen molar-refractivity contribution in [1.82, 2.24) is 0 Å². The van der Waals surface area contributed by atoms with Crippen LogP contribution in [0, 0.1) is 0 Å². The van der Waals surface area contributed by atoms with Crippen LogP contribution in [-0.2, 0) is 4.74 Å². The minimum absolute atomic E-state index is 0.149. The Kier molecular flexibility index (Phi) is 2.50. The van der Waals surface area contributed by atoms with Crippen LogP contribution in [0.15, 0.2) is 4.99 Å². The van der Waals surface area contributed by atoms with Gasteiger partial charge in [-0.3, -0.25) is 4.99 Å². The van der Waals surface area contributed by atoms with Crippen molar-refractivity contribution in [2.24, 2.45) is 16.5 Å². The van der Waals surface area contributed by atoms with Crippen LogP contribution in [0.4, 0.5) is 0 Å². The van der Waals surface area contributed by atoms with E-state index in [1.165, 1.54) is 0 Å². The van der Waals surface area contributed by atoms with Crippen molar-refractivity contribution >= 4 is 5.96 Å². The Bertz CT molecular complexity index is 125. The molecule has 0 aromatic heterocycles. The number of hydrogen-bond acceptors (Lipinski definition) is 2. The first-order valence-corrected chi connectivity index (χ1v) is 3.46. The van der Waals surface area contributed by atoms with E-state index in [4.69, 9.17) is 16.2 Å². The molecule has 1 fully saturated rings. The number of nitrogens with two attached hydrogens (primary N) is 2. The molecule has 0 bridgehead atoms. The fourth-order valence-electron chi connectivity index (χ4n) is 0.996. The summed E-state index contributed by atoms with van der Waals surface area (Å²) in [7, 11) is 0. The summed E-state index contributed by atoms with van der Waals surface area (Å²) in [6.07, 6.45) is 2.46. The van der Waals surface area contributed by atoms with Crippen LogP contribution in [0.25, 0.3) is 0 Å². The average Bonchev–Trinajstić information content (AvgIpc) is 2.34. The van der Waals surface area contributed by atoms with Gasteiger partial charge in [0.2, 0.25) is 0 Å². The van der Waals surface area contributed by atoms with E-state index in [1.807, 2.05) is 0 Å². The summed E-state index contributed by atoms with van der Waals surface area (Å²) in [6, 6.07) is 0. The van der Waals surface area contributed by atoms with Gasteiger partial charge in [-0.05, 0) is 12.8 Å². The molecule has 1 aliphatic heterocycles. The largest absolute Gasteiger partial charge is 0.376 e. The zero-order valence-electron chi connectivity index (χ0n) is 5.92. The molecule has 10 heavy (non-hydrogen) atoms. The predicted octanol–water partition coefficient (Wildman–Crippen LogP) is -0.561. The molecule has 0 aromatic rings. The van der Waals surface area contributed by atoms with Gasteiger partial charge in [0.15, 0.2) is 5.96 Å². The van der Waals surface area contributed by atoms with Crippen molar-refractivity contribution in [3.63, 3.8) is 0 Å². The van der Waals surface area contributed by atoms with Gasteiger partial charge in [-0.15, -0.1) is 0 Å². The van der Waals surface area contributed by atoms with E-state index in [-0.39, 0.29) is 12.1 Å². The topological polar surface area (TPSA) is 73.6 Å². The summed E-state index contributed by atoms with van der Waals surface area (Å²) >= 11 is 0. The maximum absolute atomic E-state index is 5.29. The van der Waals surface area contributed by atoms with Crippen LogP contribution in [0.5, 0.6) is 0 Å². The molecule has 0 saturated carbocycles. The molecular formula is C6H13N3O. The second-order valence-electron chi connectivity index (χ2n) is 2.40. The third-order valence-corrected chi connectivity index (χ3v) is 1.50. The van der Waals surface area contributed by atoms with Crippen molar-refractivity contribution < 1.29 is 4.74 Å². The van der Waals surface area contributed by atoms with E-state index in [0.29, 0.717) is 6.54 Å². The molecule has 4 heteroatoms. The number of rotatable bonds is 2. The van der Waals surface area contributed by atoms with Gasteiger partial charge < -0.3 is 16.2 Å². The molecule has 0 amide bonds. The van der Waals surface area contributed by atoms with Gasteiger partial charge in [0.25, 0.3) is 0 Å². The lowest BCUT2D eigenvalue weighted by atomic mass is 10.2. The smallest absolute Gasteiger partial charge is 0.185 e. The SMILES string of the molecule is NC(N)=NC[C@@H]1CCCO1. The van der Waals surface area contributed by atoms with Crippen molar-refractivity contribution in [2.75, 3.05) is 13.2 Å². The van der Waals surface area contributed by atoms with Crippen molar-refractivity contribution in [2.45, 2.75) is 18.9 Å². The first-order chi connectivity index (χ1) is 4.79. The van der Waals surface area contributed by atoms with E-state index in [0.717, 1.165) is 19.4 Å². The quantitative estimate of drug-likeness (QED) is 0.402. The van der Waals surface area contributed by atoms with Crippen LogP contribution in [-0.4, -0.2) is 25.2 Å². The molecule has 0 aliphatic carbocycles. The molecule has 0 radical (unpaired) electrons. The summed E-state index contributed by atoms with van der Waals surface area (Å²) in [5.74, 6) is 0.149. The summed E-state index contributed by atoms with van der Waals surface area (Å²) in [6.45, 7) is 1.47. The lowest BCUT2D eigenvalue weighted by Gasteiger charge is -2.03. The molecule has 4 nitrogen and oxygen atoms in total. The normalized spacial score (nSPS) is 24.6. The van der Waals surface area contributed by atoms with E-state index in [2.05, 4.69) is 4.99 Å². The van der Waals surface area contributed by atoms with Gasteiger partial charge in [0.05, 0.1) is 12.6 Å². The van der Waals surface area contributed by atoms with Gasteiger partial charge in [-0.1, -0.05) is 0 Å². The van der Waals surface area contributed by atoms with Crippen molar-refractivity contribution in [1.29, 1.82) is 0 Å². The molecule has 1 aliphatic rings. The lowest BCUT2D eigenvalue weighted by molar-refractivity contribution is 0.118. The fraction of sp³-hybridized carbons (Fsp3) is 0.833. The minimum Gasteiger partial charge on any atom is -0.376 e. The molecule has 0 spiro atoms. The summed E-state index contributed by atoms with van der Waals surface area (Å²) in [4.78, 5) is 3.85. The molecule has 0 aromatic carbocycles. The molecular weight excluding hydrogens is 130 g/mol. The number of aliphatic imine (C=N–C) groups is 1. The second kappa shape index (κ2) is 3.41. The Morgan fingerprint density at radius 2 is 2.40 bits per heavy atom. The van der Waals surface area contributed by atoms with Crippen LogP contribution in [0.1, 0.15) is 12.8 Å².